The Balaban J connectivity index is 1.53. The molecule has 4 rings (SSSR count). The van der Waals surface area contributed by atoms with Gasteiger partial charge < -0.3 is 10.1 Å². The maximum Gasteiger partial charge on any atom is 0.337 e. The number of nitrogens with one attached hydrogen (secondary N) is 1. The zero-order valence-electron chi connectivity index (χ0n) is 18.5. The maximum atomic E-state index is 13.2. The van der Waals surface area contributed by atoms with Crippen LogP contribution in [0.1, 0.15) is 27.9 Å². The number of ether oxygens (including phenoxy) is 1. The lowest BCUT2D eigenvalue weighted by atomic mass is 10.1. The minimum atomic E-state index is -0.475. The van der Waals surface area contributed by atoms with E-state index in [0.717, 1.165) is 22.3 Å². The number of amides is 1. The van der Waals surface area contributed by atoms with E-state index in [-0.39, 0.29) is 24.4 Å². The molecule has 33 heavy (non-hydrogen) atoms. The van der Waals surface area contributed by atoms with Crippen molar-refractivity contribution in [3.63, 3.8) is 0 Å². The smallest absolute Gasteiger partial charge is 0.337 e. The van der Waals surface area contributed by atoms with Crippen molar-refractivity contribution in [2.75, 3.05) is 12.4 Å². The summed E-state index contributed by atoms with van der Waals surface area (Å²) in [5, 5.41) is 5.32. The van der Waals surface area contributed by atoms with Crippen molar-refractivity contribution < 1.29 is 14.3 Å². The van der Waals surface area contributed by atoms with Gasteiger partial charge in [0.25, 0.3) is 5.56 Å². The van der Waals surface area contributed by atoms with Gasteiger partial charge in [-0.3, -0.25) is 14.2 Å². The summed E-state index contributed by atoms with van der Waals surface area (Å²) in [6.07, 6.45) is 1.56. The first-order valence-electron chi connectivity index (χ1n) is 10.4. The number of nitrogens with zero attached hydrogens (tertiary/aromatic N) is 2. The van der Waals surface area contributed by atoms with E-state index >= 15 is 0 Å². The van der Waals surface area contributed by atoms with E-state index in [0.29, 0.717) is 21.5 Å². The Morgan fingerprint density at radius 3 is 2.61 bits per heavy atom. The lowest BCUT2D eigenvalue weighted by Crippen LogP contribution is -2.23. The number of esters is 1. The van der Waals surface area contributed by atoms with Crippen LogP contribution in [0.5, 0.6) is 0 Å². The molecule has 7 nitrogen and oxygen atoms in total. The SMILES string of the molecule is COC(=O)c1ccc(C)c(NC(=O)CCn2cnc3scc(-c4ccc(C)cc4)c3c2=O)c1. The first-order valence-corrected chi connectivity index (χ1v) is 11.3. The van der Waals surface area contributed by atoms with E-state index in [1.54, 1.807) is 18.2 Å². The molecule has 0 bridgehead atoms. The van der Waals surface area contributed by atoms with Gasteiger partial charge in [-0.1, -0.05) is 35.9 Å². The Bertz CT molecular complexity index is 1400. The quantitative estimate of drug-likeness (QED) is 0.425. The second-order valence-electron chi connectivity index (χ2n) is 7.76. The van der Waals surface area contributed by atoms with Gasteiger partial charge in [-0.05, 0) is 37.1 Å². The van der Waals surface area contributed by atoms with Crippen molar-refractivity contribution in [1.82, 2.24) is 9.55 Å². The van der Waals surface area contributed by atoms with E-state index in [1.165, 1.54) is 29.3 Å². The number of carbonyl (C=O) groups is 2. The molecule has 0 saturated heterocycles. The molecule has 4 aromatic rings. The summed E-state index contributed by atoms with van der Waals surface area (Å²) >= 11 is 1.43. The lowest BCUT2D eigenvalue weighted by Gasteiger charge is -2.11. The average molecular weight is 462 g/mol. The van der Waals surface area contributed by atoms with Crippen LogP contribution in [0.2, 0.25) is 0 Å². The highest BCUT2D eigenvalue weighted by atomic mass is 32.1. The average Bonchev–Trinajstić information content (AvgIpc) is 3.25. The minimum absolute atomic E-state index is 0.0823. The van der Waals surface area contributed by atoms with Crippen molar-refractivity contribution in [1.29, 1.82) is 0 Å². The molecule has 0 saturated carbocycles. The normalized spacial score (nSPS) is 10.9. The summed E-state index contributed by atoms with van der Waals surface area (Å²) in [5.74, 6) is -0.743. The molecule has 0 atom stereocenters. The highest BCUT2D eigenvalue weighted by Crippen LogP contribution is 2.30. The molecule has 0 aliphatic carbocycles. The van der Waals surface area contributed by atoms with Crippen LogP contribution in [-0.4, -0.2) is 28.5 Å². The van der Waals surface area contributed by atoms with Gasteiger partial charge in [0.2, 0.25) is 5.91 Å². The second-order valence-corrected chi connectivity index (χ2v) is 8.62. The number of benzene rings is 2. The number of aromatic nitrogens is 2. The van der Waals surface area contributed by atoms with Gasteiger partial charge >= 0.3 is 5.97 Å². The summed E-state index contributed by atoms with van der Waals surface area (Å²) in [4.78, 5) is 42.6. The first-order chi connectivity index (χ1) is 15.9. The predicted molar refractivity (Wildman–Crippen MR) is 130 cm³/mol. The first kappa shape index (κ1) is 22.4. The van der Waals surface area contributed by atoms with Crippen LogP contribution in [0, 0.1) is 13.8 Å². The van der Waals surface area contributed by atoms with Gasteiger partial charge in [-0.2, -0.15) is 0 Å². The van der Waals surface area contributed by atoms with E-state index < -0.39 is 5.97 Å². The van der Waals surface area contributed by atoms with Crippen molar-refractivity contribution in [3.8, 4) is 11.1 Å². The van der Waals surface area contributed by atoms with Gasteiger partial charge in [-0.15, -0.1) is 11.3 Å². The molecule has 168 valence electrons. The van der Waals surface area contributed by atoms with Crippen LogP contribution < -0.4 is 10.9 Å². The number of thiophene rings is 1. The van der Waals surface area contributed by atoms with Gasteiger partial charge in [0.1, 0.15) is 4.83 Å². The lowest BCUT2D eigenvalue weighted by molar-refractivity contribution is -0.116. The number of rotatable bonds is 6. The van der Waals surface area contributed by atoms with Crippen molar-refractivity contribution in [2.45, 2.75) is 26.8 Å². The van der Waals surface area contributed by atoms with Crippen LogP contribution in [-0.2, 0) is 16.1 Å². The Kier molecular flexibility index (Phi) is 6.37. The minimum Gasteiger partial charge on any atom is -0.465 e. The number of carbonyl (C=O) groups excluding carboxylic acids is 2. The van der Waals surface area contributed by atoms with Crippen molar-refractivity contribution >= 4 is 39.1 Å². The summed E-state index contributed by atoms with van der Waals surface area (Å²) in [6, 6.07) is 13.0. The Morgan fingerprint density at radius 2 is 1.88 bits per heavy atom. The fourth-order valence-electron chi connectivity index (χ4n) is 3.51. The number of fused-ring (bicyclic) bond motifs is 1. The van der Waals surface area contributed by atoms with Crippen molar-refractivity contribution in [2.24, 2.45) is 0 Å². The highest BCUT2D eigenvalue weighted by Gasteiger charge is 2.15. The van der Waals surface area contributed by atoms with Crippen LogP contribution >= 0.6 is 11.3 Å². The molecule has 2 heterocycles. The fourth-order valence-corrected chi connectivity index (χ4v) is 4.42. The Labute approximate surface area is 194 Å². The van der Waals surface area contributed by atoms with Gasteiger partial charge in [0.15, 0.2) is 0 Å². The summed E-state index contributed by atoms with van der Waals surface area (Å²) in [7, 11) is 1.31. The molecule has 1 amide bonds. The standard InChI is InChI=1S/C25H23N3O4S/c1-15-4-7-17(8-5-15)19-13-33-23-22(19)24(30)28(14-26-23)11-10-21(29)27-20-12-18(25(31)32-3)9-6-16(20)2/h4-9,12-14H,10-11H2,1-3H3,(H,27,29). The topological polar surface area (TPSA) is 90.3 Å². The summed E-state index contributed by atoms with van der Waals surface area (Å²) in [6.45, 7) is 4.04. The third-order valence-corrected chi connectivity index (χ3v) is 6.32. The number of hydrogen-bond donors (Lipinski definition) is 1. The third kappa shape index (κ3) is 4.70. The summed E-state index contributed by atoms with van der Waals surface area (Å²) in [5.41, 5.74) is 4.48. The van der Waals surface area contributed by atoms with Crippen LogP contribution in [0.4, 0.5) is 5.69 Å². The molecular weight excluding hydrogens is 438 g/mol. The molecular formula is C25H23N3O4S. The molecule has 0 spiro atoms. The molecule has 0 aliphatic heterocycles. The van der Waals surface area contributed by atoms with Gasteiger partial charge in [-0.25, -0.2) is 9.78 Å². The Morgan fingerprint density at radius 1 is 1.12 bits per heavy atom. The molecule has 0 unspecified atom stereocenters. The summed E-state index contributed by atoms with van der Waals surface area (Å²) < 4.78 is 6.20. The van der Waals surface area contributed by atoms with Crippen molar-refractivity contribution in [3.05, 3.63) is 81.2 Å². The second kappa shape index (κ2) is 9.38. The molecule has 0 radical (unpaired) electrons. The number of anilines is 1. The van der Waals surface area contributed by atoms with Crippen LogP contribution in [0.15, 0.2) is 59.0 Å². The molecule has 0 aliphatic rings. The molecule has 2 aromatic heterocycles. The van der Waals surface area contributed by atoms with E-state index in [2.05, 4.69) is 10.3 Å². The number of hydrogen-bond acceptors (Lipinski definition) is 6. The zero-order valence-corrected chi connectivity index (χ0v) is 19.4. The monoisotopic (exact) mass is 461 g/mol. The fraction of sp³-hybridized carbons (Fsp3) is 0.200. The molecule has 0 fully saturated rings. The number of methoxy groups -OCH3 is 1. The molecule has 1 N–H and O–H groups in total. The molecule has 2 aromatic carbocycles. The highest BCUT2D eigenvalue weighted by molar-refractivity contribution is 7.17. The number of aryl methyl sites for hydroxylation is 3. The zero-order chi connectivity index (χ0) is 23.5. The maximum absolute atomic E-state index is 13.2. The Hall–Kier alpha value is -3.78. The van der Waals surface area contributed by atoms with Crippen LogP contribution in [0.3, 0.4) is 0 Å². The predicted octanol–water partition coefficient (Wildman–Crippen LogP) is 4.56. The van der Waals surface area contributed by atoms with Gasteiger partial charge in [0, 0.05) is 29.6 Å². The van der Waals surface area contributed by atoms with E-state index in [9.17, 15) is 14.4 Å². The van der Waals surface area contributed by atoms with Crippen LogP contribution in [0.25, 0.3) is 21.3 Å². The van der Waals surface area contributed by atoms with Gasteiger partial charge in [0.05, 0.1) is 24.4 Å². The largest absolute Gasteiger partial charge is 0.465 e. The third-order valence-electron chi connectivity index (χ3n) is 5.44. The van der Waals surface area contributed by atoms with E-state index in [4.69, 9.17) is 4.74 Å². The van der Waals surface area contributed by atoms with E-state index in [1.807, 2.05) is 43.5 Å². The molecule has 8 heteroatoms.